The summed E-state index contributed by atoms with van der Waals surface area (Å²) in [7, 11) is 1.90. The smallest absolute Gasteiger partial charge is 0.187 e. The standard InChI is InChI=1S/C8H9ClN2S/c1-4-6(2)11(3)8-10-5-7(9)12-8/h1,5-6H,2-3H3. The third-order valence-electron chi connectivity index (χ3n) is 1.59. The average molecular weight is 201 g/mol. The van der Waals surface area contributed by atoms with Crippen LogP contribution < -0.4 is 4.90 Å². The van der Waals surface area contributed by atoms with E-state index >= 15 is 0 Å². The minimum atomic E-state index is 0.0483. The van der Waals surface area contributed by atoms with E-state index in [1.54, 1.807) is 6.20 Å². The van der Waals surface area contributed by atoms with Gasteiger partial charge in [-0.1, -0.05) is 28.9 Å². The maximum Gasteiger partial charge on any atom is 0.187 e. The predicted molar refractivity (Wildman–Crippen MR) is 53.8 cm³/mol. The lowest BCUT2D eigenvalue weighted by molar-refractivity contribution is 0.842. The zero-order valence-electron chi connectivity index (χ0n) is 6.91. The molecule has 1 unspecified atom stereocenters. The van der Waals surface area contributed by atoms with Gasteiger partial charge in [0.05, 0.1) is 12.2 Å². The van der Waals surface area contributed by atoms with Crippen LogP contribution in [-0.4, -0.2) is 18.1 Å². The quantitative estimate of drug-likeness (QED) is 0.681. The summed E-state index contributed by atoms with van der Waals surface area (Å²) >= 11 is 7.15. The molecule has 0 aliphatic rings. The first-order valence-corrected chi connectivity index (χ1v) is 4.65. The van der Waals surface area contributed by atoms with Crippen molar-refractivity contribution in [1.82, 2.24) is 4.98 Å². The SMILES string of the molecule is C#CC(C)N(C)c1ncc(Cl)s1. The van der Waals surface area contributed by atoms with E-state index in [2.05, 4.69) is 10.9 Å². The third kappa shape index (κ3) is 1.90. The zero-order chi connectivity index (χ0) is 9.14. The molecule has 2 nitrogen and oxygen atoms in total. The lowest BCUT2D eigenvalue weighted by atomic mass is 10.3. The Bertz CT molecular complexity index is 302. The van der Waals surface area contributed by atoms with Crippen LogP contribution in [0.25, 0.3) is 0 Å². The first kappa shape index (κ1) is 9.37. The predicted octanol–water partition coefficient (Wildman–Crippen LogP) is 2.25. The average Bonchev–Trinajstić information content (AvgIpc) is 2.49. The van der Waals surface area contributed by atoms with Gasteiger partial charge in [0.2, 0.25) is 0 Å². The number of hydrogen-bond acceptors (Lipinski definition) is 3. The highest BCUT2D eigenvalue weighted by Gasteiger charge is 2.10. The van der Waals surface area contributed by atoms with Gasteiger partial charge in [-0.05, 0) is 6.92 Å². The van der Waals surface area contributed by atoms with E-state index in [0.29, 0.717) is 4.34 Å². The van der Waals surface area contributed by atoms with Gasteiger partial charge in [-0.25, -0.2) is 4.98 Å². The summed E-state index contributed by atoms with van der Waals surface area (Å²) in [5.41, 5.74) is 0. The summed E-state index contributed by atoms with van der Waals surface area (Å²) in [6.45, 7) is 1.94. The van der Waals surface area contributed by atoms with Crippen molar-refractivity contribution in [2.45, 2.75) is 13.0 Å². The van der Waals surface area contributed by atoms with E-state index in [0.717, 1.165) is 5.13 Å². The lowest BCUT2D eigenvalue weighted by Gasteiger charge is -2.18. The van der Waals surface area contributed by atoms with E-state index in [1.807, 2.05) is 18.9 Å². The van der Waals surface area contributed by atoms with Gasteiger partial charge in [0.1, 0.15) is 4.34 Å². The van der Waals surface area contributed by atoms with Gasteiger partial charge in [0.25, 0.3) is 0 Å². The van der Waals surface area contributed by atoms with Crippen molar-refractivity contribution in [1.29, 1.82) is 0 Å². The molecule has 0 radical (unpaired) electrons. The number of aromatic nitrogens is 1. The van der Waals surface area contributed by atoms with E-state index in [4.69, 9.17) is 18.0 Å². The Labute approximate surface area is 81.2 Å². The third-order valence-corrected chi connectivity index (χ3v) is 2.79. The van der Waals surface area contributed by atoms with Crippen LogP contribution in [-0.2, 0) is 0 Å². The minimum absolute atomic E-state index is 0.0483. The molecule has 0 aliphatic carbocycles. The molecule has 0 saturated heterocycles. The molecule has 0 aliphatic heterocycles. The topological polar surface area (TPSA) is 16.1 Å². The van der Waals surface area contributed by atoms with Crippen molar-refractivity contribution in [3.63, 3.8) is 0 Å². The fourth-order valence-corrected chi connectivity index (χ4v) is 1.63. The van der Waals surface area contributed by atoms with Crippen LogP contribution in [0.1, 0.15) is 6.92 Å². The van der Waals surface area contributed by atoms with E-state index in [9.17, 15) is 0 Å². The number of halogens is 1. The van der Waals surface area contributed by atoms with Crippen LogP contribution in [0.4, 0.5) is 5.13 Å². The molecule has 1 aromatic heterocycles. The van der Waals surface area contributed by atoms with E-state index < -0.39 is 0 Å². The summed E-state index contributed by atoms with van der Waals surface area (Å²) in [6.07, 6.45) is 6.90. The fourth-order valence-electron chi connectivity index (χ4n) is 0.686. The highest BCUT2D eigenvalue weighted by molar-refractivity contribution is 7.19. The van der Waals surface area contributed by atoms with Crippen LogP contribution in [0, 0.1) is 12.3 Å². The molecule has 12 heavy (non-hydrogen) atoms. The van der Waals surface area contributed by atoms with Gasteiger partial charge < -0.3 is 4.90 Å². The highest BCUT2D eigenvalue weighted by atomic mass is 35.5. The Morgan fingerprint density at radius 2 is 2.50 bits per heavy atom. The number of anilines is 1. The van der Waals surface area contributed by atoms with Crippen LogP contribution in [0.15, 0.2) is 6.20 Å². The van der Waals surface area contributed by atoms with Gasteiger partial charge in [-0.3, -0.25) is 0 Å². The second kappa shape index (κ2) is 3.79. The lowest BCUT2D eigenvalue weighted by Crippen LogP contribution is -2.26. The monoisotopic (exact) mass is 200 g/mol. The molecule has 0 amide bonds. The maximum absolute atomic E-state index is 5.73. The van der Waals surface area contributed by atoms with Crippen molar-refractivity contribution in [3.05, 3.63) is 10.5 Å². The largest absolute Gasteiger partial charge is 0.338 e. The summed E-state index contributed by atoms with van der Waals surface area (Å²) < 4.78 is 0.682. The van der Waals surface area contributed by atoms with Gasteiger partial charge >= 0.3 is 0 Å². The number of hydrogen-bond donors (Lipinski definition) is 0. The van der Waals surface area contributed by atoms with Crippen molar-refractivity contribution in [3.8, 4) is 12.3 Å². The number of nitrogens with zero attached hydrogens (tertiary/aromatic N) is 2. The molecule has 64 valence electrons. The summed E-state index contributed by atoms with van der Waals surface area (Å²) in [6, 6.07) is 0.0483. The van der Waals surface area contributed by atoms with E-state index in [1.165, 1.54) is 11.3 Å². The van der Waals surface area contributed by atoms with Crippen LogP contribution in [0.3, 0.4) is 0 Å². The molecule has 0 spiro atoms. The van der Waals surface area contributed by atoms with Crippen LogP contribution in [0.5, 0.6) is 0 Å². The van der Waals surface area contributed by atoms with Crippen molar-refractivity contribution >= 4 is 28.1 Å². The van der Waals surface area contributed by atoms with E-state index in [-0.39, 0.29) is 6.04 Å². The van der Waals surface area contributed by atoms with Crippen LogP contribution in [0.2, 0.25) is 4.34 Å². The molecule has 1 heterocycles. The maximum atomic E-state index is 5.73. The minimum Gasteiger partial charge on any atom is -0.338 e. The van der Waals surface area contributed by atoms with Crippen molar-refractivity contribution in [2.75, 3.05) is 11.9 Å². The Hall–Kier alpha value is -0.720. The Morgan fingerprint density at radius 3 is 2.92 bits per heavy atom. The zero-order valence-corrected chi connectivity index (χ0v) is 8.49. The number of rotatable bonds is 2. The Balaban J connectivity index is 2.79. The Kier molecular flexibility index (Phi) is 2.96. The first-order valence-electron chi connectivity index (χ1n) is 3.45. The summed E-state index contributed by atoms with van der Waals surface area (Å²) in [4.78, 5) is 6.01. The Morgan fingerprint density at radius 1 is 1.83 bits per heavy atom. The van der Waals surface area contributed by atoms with Crippen LogP contribution >= 0.6 is 22.9 Å². The second-order valence-electron chi connectivity index (χ2n) is 2.40. The second-order valence-corrected chi connectivity index (χ2v) is 4.04. The van der Waals surface area contributed by atoms with Gasteiger partial charge in [-0.2, -0.15) is 0 Å². The van der Waals surface area contributed by atoms with Gasteiger partial charge in [-0.15, -0.1) is 6.42 Å². The summed E-state index contributed by atoms with van der Waals surface area (Å²) in [5.74, 6) is 2.62. The first-order chi connectivity index (χ1) is 5.65. The van der Waals surface area contributed by atoms with Gasteiger partial charge in [0.15, 0.2) is 5.13 Å². The molecule has 0 fully saturated rings. The number of terminal acetylenes is 1. The molecule has 0 aromatic carbocycles. The summed E-state index contributed by atoms with van der Waals surface area (Å²) in [5, 5.41) is 0.852. The molecular weight excluding hydrogens is 192 g/mol. The molecule has 0 bridgehead atoms. The molecule has 1 aromatic rings. The molecule has 4 heteroatoms. The number of thiazole rings is 1. The molecule has 1 atom stereocenters. The normalized spacial score (nSPS) is 12.2. The molecule has 1 rings (SSSR count). The fraction of sp³-hybridized carbons (Fsp3) is 0.375. The highest BCUT2D eigenvalue weighted by Crippen LogP contribution is 2.26. The van der Waals surface area contributed by atoms with Gasteiger partial charge in [0, 0.05) is 7.05 Å². The molecule has 0 saturated carbocycles. The van der Waals surface area contributed by atoms with Crippen molar-refractivity contribution < 1.29 is 0 Å². The molecule has 0 N–H and O–H groups in total. The van der Waals surface area contributed by atoms with Crippen molar-refractivity contribution in [2.24, 2.45) is 0 Å². The molecular formula is C8H9ClN2S.